The molecule has 0 bridgehead atoms. The van der Waals surface area contributed by atoms with Gasteiger partial charge in [0.1, 0.15) is 12.1 Å². The lowest BCUT2D eigenvalue weighted by Gasteiger charge is -2.31. The number of piperidine rings is 1. The highest BCUT2D eigenvalue weighted by Crippen LogP contribution is 2.26. The van der Waals surface area contributed by atoms with E-state index < -0.39 is 0 Å². The fourth-order valence-electron chi connectivity index (χ4n) is 3.26. The third-order valence-electron chi connectivity index (χ3n) is 4.59. The lowest BCUT2D eigenvalue weighted by molar-refractivity contribution is 0.198. The van der Waals surface area contributed by atoms with Crippen LogP contribution < -0.4 is 5.32 Å². The molecule has 0 amide bonds. The SMILES string of the molecule is CCN1CCC(CNc2ncnc3c2CCC3)CC1. The molecular formula is C15H24N4. The number of nitrogens with zero attached hydrogens (tertiary/aromatic N) is 3. The minimum atomic E-state index is 0.801. The summed E-state index contributed by atoms with van der Waals surface area (Å²) >= 11 is 0. The summed E-state index contributed by atoms with van der Waals surface area (Å²) in [6.45, 7) is 7.03. The second-order valence-electron chi connectivity index (χ2n) is 5.76. The van der Waals surface area contributed by atoms with Gasteiger partial charge in [-0.15, -0.1) is 0 Å². The number of rotatable bonds is 4. The first-order valence-corrected chi connectivity index (χ1v) is 7.65. The predicted molar refractivity (Wildman–Crippen MR) is 77.4 cm³/mol. The summed E-state index contributed by atoms with van der Waals surface area (Å²) in [4.78, 5) is 11.4. The standard InChI is InChI=1S/C15H24N4/c1-2-19-8-6-12(7-9-19)10-16-15-13-4-3-5-14(13)17-11-18-15/h11-12H,2-10H2,1H3,(H,16,17,18). The van der Waals surface area contributed by atoms with Gasteiger partial charge in [-0.25, -0.2) is 9.97 Å². The van der Waals surface area contributed by atoms with Crippen molar-refractivity contribution in [1.82, 2.24) is 14.9 Å². The lowest BCUT2D eigenvalue weighted by Crippen LogP contribution is -2.35. The molecule has 1 saturated heterocycles. The average Bonchev–Trinajstić information content (AvgIpc) is 2.94. The molecule has 1 aliphatic heterocycles. The Balaban J connectivity index is 1.54. The highest BCUT2D eigenvalue weighted by molar-refractivity contribution is 5.47. The quantitative estimate of drug-likeness (QED) is 0.900. The fraction of sp³-hybridized carbons (Fsp3) is 0.733. The second kappa shape index (κ2) is 5.87. The number of hydrogen-bond donors (Lipinski definition) is 1. The molecule has 4 heteroatoms. The van der Waals surface area contributed by atoms with Gasteiger partial charge in [0.15, 0.2) is 0 Å². The number of nitrogens with one attached hydrogen (secondary N) is 1. The van der Waals surface area contributed by atoms with E-state index in [1.54, 1.807) is 6.33 Å². The maximum atomic E-state index is 4.43. The van der Waals surface area contributed by atoms with Crippen molar-refractivity contribution < 1.29 is 0 Å². The minimum absolute atomic E-state index is 0.801. The highest BCUT2D eigenvalue weighted by atomic mass is 15.1. The van der Waals surface area contributed by atoms with Gasteiger partial charge in [0.25, 0.3) is 0 Å². The van der Waals surface area contributed by atoms with Gasteiger partial charge in [0.05, 0.1) is 0 Å². The third kappa shape index (κ3) is 2.89. The van der Waals surface area contributed by atoms with Crippen LogP contribution in [0.25, 0.3) is 0 Å². The van der Waals surface area contributed by atoms with Crippen LogP contribution in [-0.4, -0.2) is 41.0 Å². The Morgan fingerprint density at radius 1 is 1.26 bits per heavy atom. The van der Waals surface area contributed by atoms with Crippen molar-refractivity contribution in [3.05, 3.63) is 17.6 Å². The Labute approximate surface area is 115 Å². The summed E-state index contributed by atoms with van der Waals surface area (Å²) in [5, 5.41) is 3.58. The molecule has 1 aromatic rings. The van der Waals surface area contributed by atoms with Crippen LogP contribution in [0.2, 0.25) is 0 Å². The van der Waals surface area contributed by atoms with Crippen LogP contribution in [-0.2, 0) is 12.8 Å². The van der Waals surface area contributed by atoms with Crippen molar-refractivity contribution in [3.63, 3.8) is 0 Å². The lowest BCUT2D eigenvalue weighted by atomic mass is 9.97. The van der Waals surface area contributed by atoms with Gasteiger partial charge in [-0.05, 0) is 57.7 Å². The Bertz CT molecular complexity index is 424. The van der Waals surface area contributed by atoms with Gasteiger partial charge in [0, 0.05) is 17.8 Å². The van der Waals surface area contributed by atoms with E-state index in [2.05, 4.69) is 27.1 Å². The van der Waals surface area contributed by atoms with Gasteiger partial charge in [-0.1, -0.05) is 6.92 Å². The molecule has 1 aliphatic carbocycles. The molecular weight excluding hydrogens is 236 g/mol. The zero-order valence-corrected chi connectivity index (χ0v) is 11.9. The maximum absolute atomic E-state index is 4.43. The zero-order valence-electron chi connectivity index (χ0n) is 11.9. The van der Waals surface area contributed by atoms with Crippen LogP contribution in [0.5, 0.6) is 0 Å². The molecule has 4 nitrogen and oxygen atoms in total. The first-order valence-electron chi connectivity index (χ1n) is 7.65. The first-order chi connectivity index (χ1) is 9.36. The van der Waals surface area contributed by atoms with E-state index in [0.717, 1.165) is 31.1 Å². The molecule has 2 aliphatic rings. The van der Waals surface area contributed by atoms with E-state index in [1.807, 2.05) is 0 Å². The molecule has 1 fully saturated rings. The Kier molecular flexibility index (Phi) is 3.97. The zero-order chi connectivity index (χ0) is 13.1. The van der Waals surface area contributed by atoms with E-state index in [1.165, 1.54) is 50.2 Å². The first kappa shape index (κ1) is 12.9. The summed E-state index contributed by atoms with van der Waals surface area (Å²) in [7, 11) is 0. The fourth-order valence-corrected chi connectivity index (χ4v) is 3.26. The Hall–Kier alpha value is -1.16. The van der Waals surface area contributed by atoms with Crippen LogP contribution >= 0.6 is 0 Å². The number of anilines is 1. The molecule has 1 N–H and O–H groups in total. The largest absolute Gasteiger partial charge is 0.369 e. The van der Waals surface area contributed by atoms with Crippen molar-refractivity contribution in [2.24, 2.45) is 5.92 Å². The molecule has 3 rings (SSSR count). The van der Waals surface area contributed by atoms with E-state index in [0.29, 0.717) is 0 Å². The summed E-state index contributed by atoms with van der Waals surface area (Å²) in [5.74, 6) is 1.90. The van der Waals surface area contributed by atoms with Crippen LogP contribution in [0.15, 0.2) is 6.33 Å². The van der Waals surface area contributed by atoms with Crippen LogP contribution in [0.1, 0.15) is 37.4 Å². The summed E-state index contributed by atoms with van der Waals surface area (Å²) in [5.41, 5.74) is 2.63. The van der Waals surface area contributed by atoms with Gasteiger partial charge >= 0.3 is 0 Å². The van der Waals surface area contributed by atoms with Crippen molar-refractivity contribution in [3.8, 4) is 0 Å². The highest BCUT2D eigenvalue weighted by Gasteiger charge is 2.20. The number of aromatic nitrogens is 2. The molecule has 0 saturated carbocycles. The monoisotopic (exact) mass is 260 g/mol. The normalized spacial score (nSPS) is 20.5. The Morgan fingerprint density at radius 2 is 2.11 bits per heavy atom. The van der Waals surface area contributed by atoms with Crippen LogP contribution in [0.4, 0.5) is 5.82 Å². The molecule has 104 valence electrons. The van der Waals surface area contributed by atoms with Gasteiger partial charge in [0.2, 0.25) is 0 Å². The minimum Gasteiger partial charge on any atom is -0.369 e. The number of aryl methyl sites for hydroxylation is 1. The van der Waals surface area contributed by atoms with Crippen molar-refractivity contribution in [1.29, 1.82) is 0 Å². The van der Waals surface area contributed by atoms with Crippen molar-refractivity contribution >= 4 is 5.82 Å². The molecule has 0 atom stereocenters. The van der Waals surface area contributed by atoms with Gasteiger partial charge in [-0.3, -0.25) is 0 Å². The van der Waals surface area contributed by atoms with E-state index in [-0.39, 0.29) is 0 Å². The predicted octanol–water partition coefficient (Wildman–Crippen LogP) is 2.11. The number of likely N-dealkylation sites (tertiary alicyclic amines) is 1. The topological polar surface area (TPSA) is 41.0 Å². The van der Waals surface area contributed by atoms with Crippen LogP contribution in [0.3, 0.4) is 0 Å². The molecule has 19 heavy (non-hydrogen) atoms. The molecule has 2 heterocycles. The van der Waals surface area contributed by atoms with Gasteiger partial charge < -0.3 is 10.2 Å². The van der Waals surface area contributed by atoms with E-state index >= 15 is 0 Å². The van der Waals surface area contributed by atoms with E-state index in [9.17, 15) is 0 Å². The maximum Gasteiger partial charge on any atom is 0.132 e. The average molecular weight is 260 g/mol. The Morgan fingerprint density at radius 3 is 2.89 bits per heavy atom. The molecule has 0 unspecified atom stereocenters. The number of hydrogen-bond acceptors (Lipinski definition) is 4. The smallest absolute Gasteiger partial charge is 0.132 e. The summed E-state index contributed by atoms with van der Waals surface area (Å²) in [6.07, 6.45) is 7.85. The number of fused-ring (bicyclic) bond motifs is 1. The van der Waals surface area contributed by atoms with Gasteiger partial charge in [-0.2, -0.15) is 0 Å². The summed E-state index contributed by atoms with van der Waals surface area (Å²) < 4.78 is 0. The second-order valence-corrected chi connectivity index (χ2v) is 5.76. The molecule has 0 radical (unpaired) electrons. The molecule has 0 aromatic carbocycles. The van der Waals surface area contributed by atoms with Crippen molar-refractivity contribution in [2.75, 3.05) is 31.5 Å². The molecule has 0 spiro atoms. The molecule has 1 aromatic heterocycles. The van der Waals surface area contributed by atoms with Crippen molar-refractivity contribution in [2.45, 2.75) is 39.0 Å². The van der Waals surface area contributed by atoms with E-state index in [4.69, 9.17) is 0 Å². The van der Waals surface area contributed by atoms with Crippen LogP contribution in [0, 0.1) is 5.92 Å². The third-order valence-corrected chi connectivity index (χ3v) is 4.59. The summed E-state index contributed by atoms with van der Waals surface area (Å²) in [6, 6.07) is 0.